The summed E-state index contributed by atoms with van der Waals surface area (Å²) in [5, 5.41) is 3.37. The van der Waals surface area contributed by atoms with E-state index in [1.54, 1.807) is 0 Å². The lowest BCUT2D eigenvalue weighted by atomic mass is 10.3. The minimum absolute atomic E-state index is 0.433. The fraction of sp³-hybridized carbons (Fsp3) is 0.571. The maximum absolute atomic E-state index is 4.41. The van der Waals surface area contributed by atoms with E-state index in [1.807, 2.05) is 18.9 Å². The number of aromatic nitrogens is 4. The highest BCUT2D eigenvalue weighted by atomic mass is 15.1. The third-order valence-corrected chi connectivity index (χ3v) is 3.03. The van der Waals surface area contributed by atoms with Gasteiger partial charge in [-0.05, 0) is 13.8 Å². The number of hydrogen-bond acceptors (Lipinski definition) is 3. The van der Waals surface area contributed by atoms with Crippen molar-refractivity contribution < 1.29 is 0 Å². The molecule has 0 aromatic carbocycles. The van der Waals surface area contributed by atoms with Crippen molar-refractivity contribution in [1.29, 1.82) is 0 Å². The van der Waals surface area contributed by atoms with Crippen molar-refractivity contribution >= 4 is 0 Å². The second-order valence-corrected chi connectivity index (χ2v) is 5.46. The van der Waals surface area contributed by atoms with Crippen LogP contribution in [0.5, 0.6) is 0 Å². The first-order chi connectivity index (χ1) is 9.06. The fourth-order valence-electron chi connectivity index (χ4n) is 2.00. The molecule has 0 saturated heterocycles. The van der Waals surface area contributed by atoms with Crippen LogP contribution in [-0.4, -0.2) is 25.1 Å². The molecule has 0 fully saturated rings. The van der Waals surface area contributed by atoms with Crippen LogP contribution < -0.4 is 5.32 Å². The summed E-state index contributed by atoms with van der Waals surface area (Å²) in [4.78, 5) is 8.64. The molecule has 0 aliphatic carbocycles. The molecule has 0 atom stereocenters. The summed E-state index contributed by atoms with van der Waals surface area (Å²) >= 11 is 0. The van der Waals surface area contributed by atoms with E-state index in [4.69, 9.17) is 0 Å². The minimum atomic E-state index is 0.433. The van der Waals surface area contributed by atoms with Crippen molar-refractivity contribution in [2.45, 2.75) is 52.9 Å². The summed E-state index contributed by atoms with van der Waals surface area (Å²) in [5.41, 5.74) is 2.28. The molecule has 0 bridgehead atoms. The maximum Gasteiger partial charge on any atom is 0.0953 e. The Labute approximate surface area is 114 Å². The molecule has 19 heavy (non-hydrogen) atoms. The Morgan fingerprint density at radius 3 is 2.68 bits per heavy atom. The first-order valence-corrected chi connectivity index (χ1v) is 6.81. The molecule has 0 amide bonds. The van der Waals surface area contributed by atoms with Crippen molar-refractivity contribution in [2.24, 2.45) is 0 Å². The molecule has 0 aliphatic heterocycles. The van der Waals surface area contributed by atoms with Gasteiger partial charge in [0.2, 0.25) is 0 Å². The first-order valence-electron chi connectivity index (χ1n) is 6.81. The topological polar surface area (TPSA) is 47.7 Å². The van der Waals surface area contributed by atoms with E-state index in [2.05, 4.69) is 58.3 Å². The van der Waals surface area contributed by atoms with Gasteiger partial charge in [-0.2, -0.15) is 0 Å². The van der Waals surface area contributed by atoms with Gasteiger partial charge in [0.1, 0.15) is 0 Å². The zero-order chi connectivity index (χ0) is 13.8. The number of rotatable bonds is 6. The third kappa shape index (κ3) is 3.67. The number of nitrogens with one attached hydrogen (secondary N) is 1. The maximum atomic E-state index is 4.41. The molecule has 0 spiro atoms. The normalized spacial score (nSPS) is 11.7. The van der Waals surface area contributed by atoms with E-state index >= 15 is 0 Å². The molecule has 2 rings (SSSR count). The van der Waals surface area contributed by atoms with Crippen molar-refractivity contribution in [2.75, 3.05) is 0 Å². The fourth-order valence-corrected chi connectivity index (χ4v) is 2.00. The van der Waals surface area contributed by atoms with Crippen molar-refractivity contribution in [3.8, 4) is 0 Å². The minimum Gasteiger partial charge on any atom is -0.331 e. The van der Waals surface area contributed by atoms with Crippen LogP contribution in [0.25, 0.3) is 0 Å². The SMILES string of the molecule is CC(C)NCc1cn(Cc2cncn2C(C)C)cn1. The number of imidazole rings is 2. The Hall–Kier alpha value is -1.62. The van der Waals surface area contributed by atoms with Crippen LogP contribution in [0.1, 0.15) is 45.1 Å². The predicted octanol–water partition coefficient (Wildman–Crippen LogP) is 2.21. The number of nitrogens with zero attached hydrogens (tertiary/aromatic N) is 4. The van der Waals surface area contributed by atoms with Crippen LogP contribution in [0.2, 0.25) is 0 Å². The lowest BCUT2D eigenvalue weighted by molar-refractivity contribution is 0.560. The summed E-state index contributed by atoms with van der Waals surface area (Å²) < 4.78 is 4.29. The molecule has 0 radical (unpaired) electrons. The van der Waals surface area contributed by atoms with Crippen LogP contribution in [0.4, 0.5) is 0 Å². The highest BCUT2D eigenvalue weighted by molar-refractivity contribution is 5.04. The first kappa shape index (κ1) is 13.8. The molecule has 1 N–H and O–H groups in total. The summed E-state index contributed by atoms with van der Waals surface area (Å²) in [7, 11) is 0. The van der Waals surface area contributed by atoms with Gasteiger partial charge in [-0.1, -0.05) is 13.8 Å². The van der Waals surface area contributed by atoms with Crippen LogP contribution >= 0.6 is 0 Å². The van der Waals surface area contributed by atoms with E-state index in [0.29, 0.717) is 12.1 Å². The standard InChI is InChI=1S/C14H23N5/c1-11(2)16-5-13-7-18(10-17-13)8-14-6-15-9-19(14)12(3)4/h6-7,9-12,16H,5,8H2,1-4H3. The van der Waals surface area contributed by atoms with Crippen LogP contribution in [-0.2, 0) is 13.1 Å². The summed E-state index contributed by atoms with van der Waals surface area (Å²) in [6, 6.07) is 0.913. The van der Waals surface area contributed by atoms with Crippen molar-refractivity contribution in [1.82, 2.24) is 24.4 Å². The Bertz CT molecular complexity index is 509. The second kappa shape index (κ2) is 6.02. The van der Waals surface area contributed by atoms with E-state index < -0.39 is 0 Å². The Morgan fingerprint density at radius 1 is 1.21 bits per heavy atom. The van der Waals surface area contributed by atoms with Gasteiger partial charge in [0.15, 0.2) is 0 Å². The van der Waals surface area contributed by atoms with Gasteiger partial charge in [0.25, 0.3) is 0 Å². The van der Waals surface area contributed by atoms with Gasteiger partial charge in [-0.3, -0.25) is 0 Å². The zero-order valence-electron chi connectivity index (χ0n) is 12.2. The highest BCUT2D eigenvalue weighted by Crippen LogP contribution is 2.10. The molecular formula is C14H23N5. The average Bonchev–Trinajstić information content (AvgIpc) is 2.96. The zero-order valence-corrected chi connectivity index (χ0v) is 12.2. The average molecular weight is 261 g/mol. The smallest absolute Gasteiger partial charge is 0.0953 e. The second-order valence-electron chi connectivity index (χ2n) is 5.46. The summed E-state index contributed by atoms with van der Waals surface area (Å²) in [5.74, 6) is 0. The van der Waals surface area contributed by atoms with E-state index in [9.17, 15) is 0 Å². The molecule has 2 heterocycles. The van der Waals surface area contributed by atoms with E-state index in [1.165, 1.54) is 5.69 Å². The lowest BCUT2D eigenvalue weighted by Crippen LogP contribution is -2.21. The quantitative estimate of drug-likeness (QED) is 0.867. The van der Waals surface area contributed by atoms with Crippen LogP contribution in [0.15, 0.2) is 25.0 Å². The van der Waals surface area contributed by atoms with Gasteiger partial charge in [-0.25, -0.2) is 9.97 Å². The molecule has 0 aliphatic rings. The van der Waals surface area contributed by atoms with Crippen LogP contribution in [0.3, 0.4) is 0 Å². The van der Waals surface area contributed by atoms with Gasteiger partial charge < -0.3 is 14.5 Å². The number of hydrogen-bond donors (Lipinski definition) is 1. The van der Waals surface area contributed by atoms with Crippen molar-refractivity contribution in [3.05, 3.63) is 36.4 Å². The van der Waals surface area contributed by atoms with Gasteiger partial charge >= 0.3 is 0 Å². The summed E-state index contributed by atoms with van der Waals surface area (Å²) in [6.45, 7) is 10.2. The lowest BCUT2D eigenvalue weighted by Gasteiger charge is -2.11. The molecule has 5 nitrogen and oxygen atoms in total. The molecule has 0 unspecified atom stereocenters. The monoisotopic (exact) mass is 261 g/mol. The molecule has 2 aromatic heterocycles. The molecule has 2 aromatic rings. The third-order valence-electron chi connectivity index (χ3n) is 3.03. The van der Waals surface area contributed by atoms with E-state index in [0.717, 1.165) is 18.8 Å². The van der Waals surface area contributed by atoms with Gasteiger partial charge in [0, 0.05) is 31.0 Å². The Balaban J connectivity index is 2.01. The van der Waals surface area contributed by atoms with Crippen molar-refractivity contribution in [3.63, 3.8) is 0 Å². The Morgan fingerprint density at radius 2 is 2.00 bits per heavy atom. The molecule has 5 heteroatoms. The molecule has 104 valence electrons. The van der Waals surface area contributed by atoms with Crippen LogP contribution in [0, 0.1) is 0 Å². The highest BCUT2D eigenvalue weighted by Gasteiger charge is 2.07. The van der Waals surface area contributed by atoms with Gasteiger partial charge in [0.05, 0.1) is 30.6 Å². The molecular weight excluding hydrogens is 238 g/mol. The largest absolute Gasteiger partial charge is 0.331 e. The molecule has 0 saturated carbocycles. The predicted molar refractivity (Wildman–Crippen MR) is 75.9 cm³/mol. The van der Waals surface area contributed by atoms with Gasteiger partial charge in [-0.15, -0.1) is 0 Å². The summed E-state index contributed by atoms with van der Waals surface area (Å²) in [6.07, 6.45) is 7.78. The Kier molecular flexibility index (Phi) is 4.37. The van der Waals surface area contributed by atoms with E-state index in [-0.39, 0.29) is 0 Å².